The number of carbonyl (C=O) groups is 1. The maximum Gasteiger partial charge on any atom is 0.352 e. The summed E-state index contributed by atoms with van der Waals surface area (Å²) >= 11 is 0. The molecule has 84 valence electrons. The van der Waals surface area contributed by atoms with Crippen molar-refractivity contribution in [3.8, 4) is 0 Å². The summed E-state index contributed by atoms with van der Waals surface area (Å²) in [5.74, 6) is -0.0581. The summed E-state index contributed by atoms with van der Waals surface area (Å²) in [6.45, 7) is 2.57. The van der Waals surface area contributed by atoms with Gasteiger partial charge >= 0.3 is 5.97 Å². The van der Waals surface area contributed by atoms with Gasteiger partial charge in [-0.1, -0.05) is 0 Å². The first-order valence-electron chi connectivity index (χ1n) is 5.16. The van der Waals surface area contributed by atoms with Crippen LogP contribution in [0, 0.1) is 0 Å². The van der Waals surface area contributed by atoms with Gasteiger partial charge in [0.2, 0.25) is 0 Å². The number of carboxylic acid groups (broad SMARTS) is 1. The molecule has 0 saturated heterocycles. The molecule has 0 aliphatic carbocycles. The van der Waals surface area contributed by atoms with Gasteiger partial charge in [-0.2, -0.15) is 0 Å². The van der Waals surface area contributed by atoms with Crippen LogP contribution >= 0.6 is 0 Å². The van der Waals surface area contributed by atoms with Gasteiger partial charge in [0.25, 0.3) is 0 Å². The van der Waals surface area contributed by atoms with Crippen molar-refractivity contribution in [1.29, 1.82) is 0 Å². The second-order valence-corrected chi connectivity index (χ2v) is 3.52. The molecule has 16 heavy (non-hydrogen) atoms. The topological polar surface area (TPSA) is 55.4 Å². The van der Waals surface area contributed by atoms with Crippen LogP contribution in [-0.2, 0) is 13.0 Å². The summed E-state index contributed by atoms with van der Waals surface area (Å²) in [6.07, 6.45) is 2.24. The van der Waals surface area contributed by atoms with Crippen LogP contribution < -0.4 is 0 Å². The molecule has 0 aromatic carbocycles. The fourth-order valence-corrected chi connectivity index (χ4v) is 1.82. The fraction of sp³-hybridized carbons (Fsp3) is 0.250. The highest BCUT2D eigenvalue weighted by Crippen LogP contribution is 2.14. The second-order valence-electron chi connectivity index (χ2n) is 3.52. The predicted octanol–water partition coefficient (Wildman–Crippen LogP) is 2.39. The Morgan fingerprint density at radius 2 is 2.25 bits per heavy atom. The number of carboxylic acids is 1. The molecule has 0 fully saturated rings. The van der Waals surface area contributed by atoms with Gasteiger partial charge in [-0.25, -0.2) is 4.79 Å². The van der Waals surface area contributed by atoms with Gasteiger partial charge in [-0.15, -0.1) is 0 Å². The molecule has 2 heterocycles. The van der Waals surface area contributed by atoms with E-state index in [9.17, 15) is 4.79 Å². The van der Waals surface area contributed by atoms with Crippen molar-refractivity contribution in [1.82, 2.24) is 4.57 Å². The summed E-state index contributed by atoms with van der Waals surface area (Å²) in [4.78, 5) is 11.0. The summed E-state index contributed by atoms with van der Waals surface area (Å²) in [6, 6.07) is 7.17. The van der Waals surface area contributed by atoms with Gasteiger partial charge in [-0.3, -0.25) is 0 Å². The molecular formula is C12H13NO3. The zero-order chi connectivity index (χ0) is 11.5. The van der Waals surface area contributed by atoms with E-state index in [1.807, 2.05) is 25.1 Å². The average molecular weight is 219 g/mol. The van der Waals surface area contributed by atoms with Crippen molar-refractivity contribution in [3.05, 3.63) is 47.7 Å². The molecule has 0 aliphatic rings. The van der Waals surface area contributed by atoms with Crippen molar-refractivity contribution in [2.45, 2.75) is 19.9 Å². The maximum atomic E-state index is 11.0. The van der Waals surface area contributed by atoms with Crippen molar-refractivity contribution in [3.63, 3.8) is 0 Å². The number of furan rings is 1. The number of hydrogen-bond donors (Lipinski definition) is 1. The molecule has 0 atom stereocenters. The number of rotatable bonds is 4. The normalized spacial score (nSPS) is 10.6. The van der Waals surface area contributed by atoms with E-state index in [-0.39, 0.29) is 0 Å². The molecule has 0 aliphatic heterocycles. The van der Waals surface area contributed by atoms with E-state index in [0.29, 0.717) is 18.7 Å². The lowest BCUT2D eigenvalue weighted by Crippen LogP contribution is -2.10. The number of hydrogen-bond acceptors (Lipinski definition) is 2. The highest BCUT2D eigenvalue weighted by molar-refractivity contribution is 5.86. The Morgan fingerprint density at radius 1 is 1.44 bits per heavy atom. The Kier molecular flexibility index (Phi) is 2.81. The average Bonchev–Trinajstić information content (AvgIpc) is 2.87. The Bertz CT molecular complexity index is 482. The van der Waals surface area contributed by atoms with E-state index in [2.05, 4.69) is 0 Å². The van der Waals surface area contributed by atoms with Gasteiger partial charge in [0, 0.05) is 18.7 Å². The van der Waals surface area contributed by atoms with E-state index in [1.54, 1.807) is 16.9 Å². The molecule has 0 radical (unpaired) electrons. The predicted molar refractivity (Wildman–Crippen MR) is 58.6 cm³/mol. The highest BCUT2D eigenvalue weighted by atomic mass is 16.4. The molecule has 4 heteroatoms. The molecule has 0 spiro atoms. The zero-order valence-corrected chi connectivity index (χ0v) is 9.01. The third-order valence-electron chi connectivity index (χ3n) is 2.54. The molecule has 0 unspecified atom stereocenters. The first kappa shape index (κ1) is 10.5. The third kappa shape index (κ3) is 1.86. The van der Waals surface area contributed by atoms with Crippen LogP contribution in [0.15, 0.2) is 34.9 Å². The maximum absolute atomic E-state index is 11.0. The number of aromatic nitrogens is 1. The minimum Gasteiger partial charge on any atom is -0.477 e. The van der Waals surface area contributed by atoms with E-state index in [4.69, 9.17) is 9.52 Å². The molecule has 0 saturated carbocycles. The summed E-state index contributed by atoms with van der Waals surface area (Å²) in [5, 5.41) is 8.99. The van der Waals surface area contributed by atoms with Crippen LogP contribution in [0.3, 0.4) is 0 Å². The quantitative estimate of drug-likeness (QED) is 0.858. The molecule has 4 nitrogen and oxygen atoms in total. The van der Waals surface area contributed by atoms with Crippen LogP contribution in [0.1, 0.15) is 28.9 Å². The first-order valence-corrected chi connectivity index (χ1v) is 5.16. The van der Waals surface area contributed by atoms with E-state index >= 15 is 0 Å². The molecule has 0 bridgehead atoms. The lowest BCUT2D eigenvalue weighted by atomic mass is 10.2. The molecule has 2 aromatic heterocycles. The van der Waals surface area contributed by atoms with Crippen LogP contribution in [0.5, 0.6) is 0 Å². The van der Waals surface area contributed by atoms with E-state index < -0.39 is 5.97 Å². The Morgan fingerprint density at radius 3 is 2.81 bits per heavy atom. The standard InChI is InChI=1S/C12H13NO3/c1-2-13-9(5-6-11(13)12(14)15)8-10-4-3-7-16-10/h3-7H,2,8H2,1H3,(H,14,15). The lowest BCUT2D eigenvalue weighted by molar-refractivity contribution is 0.0685. The van der Waals surface area contributed by atoms with Crippen LogP contribution in [0.25, 0.3) is 0 Å². The van der Waals surface area contributed by atoms with Gasteiger partial charge < -0.3 is 14.1 Å². The highest BCUT2D eigenvalue weighted by Gasteiger charge is 2.13. The molecular weight excluding hydrogens is 206 g/mol. The van der Waals surface area contributed by atoms with Gasteiger partial charge in [0.15, 0.2) is 0 Å². The van der Waals surface area contributed by atoms with Crippen LogP contribution in [-0.4, -0.2) is 15.6 Å². The van der Waals surface area contributed by atoms with Crippen molar-refractivity contribution in [2.24, 2.45) is 0 Å². The fourth-order valence-electron chi connectivity index (χ4n) is 1.82. The lowest BCUT2D eigenvalue weighted by Gasteiger charge is -2.07. The van der Waals surface area contributed by atoms with Gasteiger partial charge in [0.05, 0.1) is 6.26 Å². The molecule has 2 aromatic rings. The molecule has 0 amide bonds. The molecule has 2 rings (SSSR count). The van der Waals surface area contributed by atoms with E-state index in [0.717, 1.165) is 11.5 Å². The van der Waals surface area contributed by atoms with Crippen molar-refractivity contribution in [2.75, 3.05) is 0 Å². The Labute approximate surface area is 93.1 Å². The smallest absolute Gasteiger partial charge is 0.352 e. The largest absolute Gasteiger partial charge is 0.477 e. The number of aromatic carboxylic acids is 1. The number of nitrogens with zero attached hydrogens (tertiary/aromatic N) is 1. The SMILES string of the molecule is CCn1c(Cc2ccco2)ccc1C(=O)O. The van der Waals surface area contributed by atoms with Gasteiger partial charge in [0.1, 0.15) is 11.5 Å². The van der Waals surface area contributed by atoms with Crippen molar-refractivity contribution < 1.29 is 14.3 Å². The van der Waals surface area contributed by atoms with E-state index in [1.165, 1.54) is 0 Å². The van der Waals surface area contributed by atoms with Crippen LogP contribution in [0.2, 0.25) is 0 Å². The minimum absolute atomic E-state index is 0.323. The Hall–Kier alpha value is -1.97. The monoisotopic (exact) mass is 219 g/mol. The van der Waals surface area contributed by atoms with Crippen LogP contribution in [0.4, 0.5) is 0 Å². The van der Waals surface area contributed by atoms with Crippen molar-refractivity contribution >= 4 is 5.97 Å². The van der Waals surface area contributed by atoms with Gasteiger partial charge in [-0.05, 0) is 31.2 Å². The molecule has 1 N–H and O–H groups in total. The summed E-state index contributed by atoms with van der Waals surface area (Å²) in [5.41, 5.74) is 1.28. The third-order valence-corrected chi connectivity index (χ3v) is 2.54. The first-order chi connectivity index (χ1) is 7.72. The minimum atomic E-state index is -0.896. The Balaban J connectivity index is 2.31. The summed E-state index contributed by atoms with van der Waals surface area (Å²) in [7, 11) is 0. The summed E-state index contributed by atoms with van der Waals surface area (Å²) < 4.78 is 7.03. The zero-order valence-electron chi connectivity index (χ0n) is 9.01. The second kappa shape index (κ2) is 4.26.